The van der Waals surface area contributed by atoms with Gasteiger partial charge in [0.2, 0.25) is 0 Å². The Balaban J connectivity index is 2.98. The highest BCUT2D eigenvalue weighted by Gasteiger charge is 2.11. The summed E-state index contributed by atoms with van der Waals surface area (Å²) in [5.74, 6) is -0.348. The smallest absolute Gasteiger partial charge is 0.339 e. The molecule has 0 aliphatic rings. The maximum Gasteiger partial charge on any atom is 0.339 e. The summed E-state index contributed by atoms with van der Waals surface area (Å²) in [6.45, 7) is 3.58. The van der Waals surface area contributed by atoms with Crippen molar-refractivity contribution in [1.82, 2.24) is 0 Å². The van der Waals surface area contributed by atoms with Crippen molar-refractivity contribution < 1.29 is 14.3 Å². The van der Waals surface area contributed by atoms with E-state index in [2.05, 4.69) is 12.6 Å². The van der Waals surface area contributed by atoms with E-state index in [1.54, 1.807) is 25.1 Å². The van der Waals surface area contributed by atoms with Gasteiger partial charge < -0.3 is 4.74 Å². The van der Waals surface area contributed by atoms with Gasteiger partial charge in [0, 0.05) is 11.3 Å². The number of thiol groups is 1. The summed E-state index contributed by atoms with van der Waals surface area (Å²) in [7, 11) is 0. The lowest BCUT2D eigenvalue weighted by molar-refractivity contribution is -0.116. The molecule has 0 aliphatic heterocycles. The van der Waals surface area contributed by atoms with Gasteiger partial charge in [-0.3, -0.25) is 4.79 Å². The SMILES string of the molecule is CCOC(=O)c1cc(CC(C)=O)ccc1S. The van der Waals surface area contributed by atoms with E-state index >= 15 is 0 Å². The Kier molecular flexibility index (Phi) is 4.55. The fourth-order valence-corrected chi connectivity index (χ4v) is 1.58. The predicted octanol–water partition coefficient (Wildman–Crippen LogP) is 2.28. The number of carbonyl (C=O) groups excluding carboxylic acids is 2. The van der Waals surface area contributed by atoms with Crippen LogP contribution < -0.4 is 0 Å². The molecule has 3 nitrogen and oxygen atoms in total. The summed E-state index contributed by atoms with van der Waals surface area (Å²) in [4.78, 5) is 23.1. The molecule has 1 aromatic carbocycles. The fraction of sp³-hybridized carbons (Fsp3) is 0.333. The van der Waals surface area contributed by atoms with Gasteiger partial charge >= 0.3 is 5.97 Å². The fourth-order valence-electron chi connectivity index (χ4n) is 1.35. The summed E-state index contributed by atoms with van der Waals surface area (Å²) >= 11 is 4.18. The van der Waals surface area contributed by atoms with Gasteiger partial charge in [-0.05, 0) is 31.5 Å². The summed E-state index contributed by atoms with van der Waals surface area (Å²) in [6.07, 6.45) is 0.320. The Hall–Kier alpha value is -1.29. The molecular weight excluding hydrogens is 224 g/mol. The van der Waals surface area contributed by atoms with Crippen LogP contribution in [-0.2, 0) is 16.0 Å². The van der Waals surface area contributed by atoms with Gasteiger partial charge in [0.15, 0.2) is 0 Å². The van der Waals surface area contributed by atoms with Crippen LogP contribution in [0.5, 0.6) is 0 Å². The molecule has 1 rings (SSSR count). The Bertz CT molecular complexity index is 413. The van der Waals surface area contributed by atoms with Gasteiger partial charge in [0.05, 0.1) is 12.2 Å². The van der Waals surface area contributed by atoms with E-state index in [-0.39, 0.29) is 5.78 Å². The van der Waals surface area contributed by atoms with Gasteiger partial charge in [0.1, 0.15) is 5.78 Å². The van der Waals surface area contributed by atoms with Gasteiger partial charge in [-0.15, -0.1) is 12.6 Å². The van der Waals surface area contributed by atoms with E-state index in [1.165, 1.54) is 6.92 Å². The molecule has 0 spiro atoms. The van der Waals surface area contributed by atoms with Crippen molar-refractivity contribution in [2.24, 2.45) is 0 Å². The number of ether oxygens (including phenoxy) is 1. The molecule has 0 bridgehead atoms. The molecule has 0 atom stereocenters. The van der Waals surface area contributed by atoms with Crippen molar-refractivity contribution in [3.63, 3.8) is 0 Å². The Morgan fingerprint density at radius 1 is 1.38 bits per heavy atom. The standard InChI is InChI=1S/C12H14O3S/c1-3-15-12(14)10-7-9(6-8(2)13)4-5-11(10)16/h4-5,7,16H,3,6H2,1-2H3. The van der Waals surface area contributed by atoms with E-state index in [9.17, 15) is 9.59 Å². The predicted molar refractivity (Wildman–Crippen MR) is 64.0 cm³/mol. The number of hydrogen-bond acceptors (Lipinski definition) is 4. The first-order valence-electron chi connectivity index (χ1n) is 5.03. The van der Waals surface area contributed by atoms with Crippen molar-refractivity contribution in [1.29, 1.82) is 0 Å². The number of Topliss-reactive ketones (excluding diaryl/α,β-unsaturated/α-hetero) is 1. The average molecular weight is 238 g/mol. The number of ketones is 1. The normalized spacial score (nSPS) is 9.94. The number of benzene rings is 1. The van der Waals surface area contributed by atoms with Crippen LogP contribution in [0, 0.1) is 0 Å². The Morgan fingerprint density at radius 3 is 2.62 bits per heavy atom. The van der Waals surface area contributed by atoms with Crippen molar-refractivity contribution >= 4 is 24.4 Å². The van der Waals surface area contributed by atoms with Gasteiger partial charge in [0.25, 0.3) is 0 Å². The lowest BCUT2D eigenvalue weighted by Crippen LogP contribution is -2.07. The number of rotatable bonds is 4. The van der Waals surface area contributed by atoms with Gasteiger partial charge in [-0.1, -0.05) is 6.07 Å². The number of hydrogen-bond donors (Lipinski definition) is 1. The van der Waals surface area contributed by atoms with Crippen LogP contribution >= 0.6 is 12.6 Å². The first-order valence-corrected chi connectivity index (χ1v) is 5.47. The Labute approximate surface area is 100 Å². The third-order valence-electron chi connectivity index (χ3n) is 2.01. The summed E-state index contributed by atoms with van der Waals surface area (Å²) in [5, 5.41) is 0. The third kappa shape index (κ3) is 3.38. The molecule has 0 aromatic heterocycles. The second kappa shape index (κ2) is 5.70. The van der Waals surface area contributed by atoms with Crippen LogP contribution in [0.15, 0.2) is 23.1 Å². The first kappa shape index (κ1) is 12.8. The number of esters is 1. The van der Waals surface area contributed by atoms with Crippen LogP contribution in [-0.4, -0.2) is 18.4 Å². The quantitative estimate of drug-likeness (QED) is 0.646. The van der Waals surface area contributed by atoms with Crippen molar-refractivity contribution in [2.75, 3.05) is 6.61 Å². The lowest BCUT2D eigenvalue weighted by Gasteiger charge is -2.06. The van der Waals surface area contributed by atoms with Crippen molar-refractivity contribution in [3.05, 3.63) is 29.3 Å². The first-order chi connectivity index (χ1) is 7.54. The Morgan fingerprint density at radius 2 is 2.06 bits per heavy atom. The molecular formula is C12H14O3S. The molecule has 0 amide bonds. The second-order valence-electron chi connectivity index (χ2n) is 3.45. The van der Waals surface area contributed by atoms with Gasteiger partial charge in [-0.2, -0.15) is 0 Å². The van der Waals surface area contributed by atoms with Gasteiger partial charge in [-0.25, -0.2) is 4.79 Å². The van der Waals surface area contributed by atoms with Crippen LogP contribution in [0.25, 0.3) is 0 Å². The maximum absolute atomic E-state index is 11.5. The molecule has 4 heteroatoms. The molecule has 0 saturated carbocycles. The highest BCUT2D eigenvalue weighted by atomic mass is 32.1. The minimum atomic E-state index is -0.405. The zero-order valence-corrected chi connectivity index (χ0v) is 10.2. The summed E-state index contributed by atoms with van der Waals surface area (Å²) in [5.41, 5.74) is 1.21. The monoisotopic (exact) mass is 238 g/mol. The maximum atomic E-state index is 11.5. The van der Waals surface area contributed by atoms with E-state index < -0.39 is 5.97 Å². The molecule has 0 heterocycles. The van der Waals surface area contributed by atoms with E-state index in [0.717, 1.165) is 5.56 Å². The van der Waals surface area contributed by atoms with Crippen LogP contribution in [0.4, 0.5) is 0 Å². The molecule has 0 unspecified atom stereocenters. The van der Waals surface area contributed by atoms with E-state index in [1.807, 2.05) is 0 Å². The van der Waals surface area contributed by atoms with Crippen LogP contribution in [0.2, 0.25) is 0 Å². The molecule has 0 saturated heterocycles. The zero-order valence-electron chi connectivity index (χ0n) is 9.32. The zero-order chi connectivity index (χ0) is 12.1. The molecule has 16 heavy (non-hydrogen) atoms. The molecule has 0 radical (unpaired) electrons. The molecule has 0 fully saturated rings. The molecule has 0 N–H and O–H groups in total. The summed E-state index contributed by atoms with van der Waals surface area (Å²) in [6, 6.07) is 5.14. The average Bonchev–Trinajstić information content (AvgIpc) is 2.20. The highest BCUT2D eigenvalue weighted by Crippen LogP contribution is 2.17. The largest absolute Gasteiger partial charge is 0.462 e. The minimum Gasteiger partial charge on any atom is -0.462 e. The number of carbonyl (C=O) groups is 2. The highest BCUT2D eigenvalue weighted by molar-refractivity contribution is 7.80. The van der Waals surface area contributed by atoms with Crippen LogP contribution in [0.1, 0.15) is 29.8 Å². The topological polar surface area (TPSA) is 43.4 Å². The van der Waals surface area contributed by atoms with Crippen molar-refractivity contribution in [3.8, 4) is 0 Å². The molecule has 86 valence electrons. The van der Waals surface area contributed by atoms with E-state index in [4.69, 9.17) is 4.74 Å². The second-order valence-corrected chi connectivity index (χ2v) is 3.93. The lowest BCUT2D eigenvalue weighted by atomic mass is 10.1. The van der Waals surface area contributed by atoms with E-state index in [0.29, 0.717) is 23.5 Å². The van der Waals surface area contributed by atoms with Crippen LogP contribution in [0.3, 0.4) is 0 Å². The van der Waals surface area contributed by atoms with Crippen molar-refractivity contribution in [2.45, 2.75) is 25.2 Å². The minimum absolute atomic E-state index is 0.0572. The summed E-state index contributed by atoms with van der Waals surface area (Å²) < 4.78 is 4.90. The molecule has 0 aliphatic carbocycles. The third-order valence-corrected chi connectivity index (χ3v) is 2.40. The molecule has 1 aromatic rings.